The fourth-order valence-electron chi connectivity index (χ4n) is 1.46. The minimum atomic E-state index is 0.228. The topological polar surface area (TPSA) is 37.3 Å². The van der Waals surface area contributed by atoms with E-state index >= 15 is 0 Å². The zero-order chi connectivity index (χ0) is 8.97. The average molecular weight is 188 g/mol. The summed E-state index contributed by atoms with van der Waals surface area (Å²) in [6.07, 6.45) is 3.67. The number of hydrogen-bond acceptors (Lipinski definition) is 3. The Morgan fingerprint density at radius 3 is 3.00 bits per heavy atom. The van der Waals surface area contributed by atoms with Gasteiger partial charge in [-0.1, -0.05) is 6.92 Å². The lowest BCUT2D eigenvalue weighted by molar-refractivity contribution is -0.116. The summed E-state index contributed by atoms with van der Waals surface area (Å²) in [7, 11) is 0. The van der Waals surface area contributed by atoms with Crippen molar-refractivity contribution in [1.29, 1.82) is 0 Å². The molecule has 1 aliphatic carbocycles. The molecule has 12 heavy (non-hydrogen) atoms. The summed E-state index contributed by atoms with van der Waals surface area (Å²) in [5.74, 6) is 0.407. The van der Waals surface area contributed by atoms with E-state index in [2.05, 4.69) is 6.92 Å². The maximum absolute atomic E-state index is 11.2. The molecular formula is C9H16O2S. The van der Waals surface area contributed by atoms with Gasteiger partial charge in [0.25, 0.3) is 0 Å². The highest BCUT2D eigenvalue weighted by molar-refractivity contribution is 8.01. The van der Waals surface area contributed by atoms with Crippen LogP contribution in [-0.2, 0) is 4.79 Å². The highest BCUT2D eigenvalue weighted by Gasteiger charge is 2.26. The van der Waals surface area contributed by atoms with Crippen molar-refractivity contribution >= 4 is 17.5 Å². The zero-order valence-electron chi connectivity index (χ0n) is 7.45. The Morgan fingerprint density at radius 1 is 1.75 bits per heavy atom. The summed E-state index contributed by atoms with van der Waals surface area (Å²) in [5, 5.41) is 9.33. The predicted octanol–water partition coefficient (Wildman–Crippen LogP) is 1.61. The number of aliphatic hydroxyl groups is 1. The second-order valence-corrected chi connectivity index (χ2v) is 4.95. The minimum absolute atomic E-state index is 0.228. The molecule has 2 nitrogen and oxygen atoms in total. The molecule has 70 valence electrons. The highest BCUT2D eigenvalue weighted by atomic mass is 32.2. The number of aliphatic hydroxyl groups excluding tert-OH is 1. The first-order valence-corrected chi connectivity index (χ1v) is 5.47. The van der Waals surface area contributed by atoms with E-state index < -0.39 is 0 Å². The van der Waals surface area contributed by atoms with Crippen LogP contribution in [0.25, 0.3) is 0 Å². The van der Waals surface area contributed by atoms with E-state index in [4.69, 9.17) is 5.11 Å². The van der Waals surface area contributed by atoms with Gasteiger partial charge in [0.15, 0.2) is 0 Å². The minimum Gasteiger partial charge on any atom is -0.396 e. The van der Waals surface area contributed by atoms with E-state index in [1.165, 1.54) is 0 Å². The number of hydrogen-bond donors (Lipinski definition) is 1. The highest BCUT2D eigenvalue weighted by Crippen LogP contribution is 2.30. The van der Waals surface area contributed by atoms with Crippen molar-refractivity contribution in [3.63, 3.8) is 0 Å². The van der Waals surface area contributed by atoms with Crippen LogP contribution in [0, 0.1) is 0 Å². The molecule has 0 aromatic carbocycles. The van der Waals surface area contributed by atoms with Gasteiger partial charge in [-0.2, -0.15) is 0 Å². The first-order chi connectivity index (χ1) is 5.74. The van der Waals surface area contributed by atoms with Crippen molar-refractivity contribution in [2.75, 3.05) is 6.61 Å². The summed E-state index contributed by atoms with van der Waals surface area (Å²) in [6, 6.07) is 0. The van der Waals surface area contributed by atoms with Gasteiger partial charge in [-0.25, -0.2) is 0 Å². The number of rotatable bonds is 4. The number of carbonyl (C=O) groups excluding carboxylic acids is 1. The molecule has 0 aromatic heterocycles. The van der Waals surface area contributed by atoms with E-state index in [1.54, 1.807) is 11.8 Å². The third kappa shape index (κ3) is 2.79. The van der Waals surface area contributed by atoms with Crippen molar-refractivity contribution in [1.82, 2.24) is 0 Å². The van der Waals surface area contributed by atoms with Crippen LogP contribution in [0.15, 0.2) is 0 Å². The molecule has 0 saturated heterocycles. The van der Waals surface area contributed by atoms with Crippen LogP contribution < -0.4 is 0 Å². The number of carbonyl (C=O) groups is 1. The molecule has 0 bridgehead atoms. The zero-order valence-corrected chi connectivity index (χ0v) is 8.27. The summed E-state index contributed by atoms with van der Waals surface area (Å²) in [6.45, 7) is 2.31. The molecular weight excluding hydrogens is 172 g/mol. The van der Waals surface area contributed by atoms with Crippen molar-refractivity contribution in [3.05, 3.63) is 0 Å². The summed E-state index contributed by atoms with van der Waals surface area (Å²) < 4.78 is 0. The quantitative estimate of drug-likeness (QED) is 0.728. The fourth-order valence-corrected chi connectivity index (χ4v) is 2.83. The van der Waals surface area contributed by atoms with Crippen LogP contribution in [0.1, 0.15) is 32.6 Å². The Hall–Kier alpha value is -0.0200. The van der Waals surface area contributed by atoms with Crippen LogP contribution in [0.2, 0.25) is 0 Å². The molecule has 0 spiro atoms. The monoisotopic (exact) mass is 188 g/mol. The molecule has 2 unspecified atom stereocenters. The van der Waals surface area contributed by atoms with E-state index in [0.717, 1.165) is 25.7 Å². The first kappa shape index (κ1) is 10.1. The Labute approximate surface area is 77.7 Å². The largest absolute Gasteiger partial charge is 0.396 e. The van der Waals surface area contributed by atoms with Crippen LogP contribution in [0.4, 0.5) is 0 Å². The lowest BCUT2D eigenvalue weighted by Gasteiger charge is -2.13. The number of thioether (sulfide) groups is 1. The van der Waals surface area contributed by atoms with Crippen molar-refractivity contribution in [2.45, 2.75) is 43.1 Å². The number of ketones is 1. The van der Waals surface area contributed by atoms with Crippen molar-refractivity contribution < 1.29 is 9.90 Å². The Balaban J connectivity index is 2.25. The van der Waals surface area contributed by atoms with Gasteiger partial charge in [-0.05, 0) is 19.3 Å². The third-order valence-corrected chi connectivity index (χ3v) is 3.71. The molecule has 1 fully saturated rings. The molecule has 0 aromatic rings. The van der Waals surface area contributed by atoms with Gasteiger partial charge in [0.05, 0.1) is 5.25 Å². The fraction of sp³-hybridized carbons (Fsp3) is 0.889. The third-order valence-electron chi connectivity index (χ3n) is 2.18. The second kappa shape index (κ2) is 4.87. The van der Waals surface area contributed by atoms with E-state index in [1.807, 2.05) is 0 Å². The van der Waals surface area contributed by atoms with Gasteiger partial charge >= 0.3 is 0 Å². The van der Waals surface area contributed by atoms with Gasteiger partial charge in [0, 0.05) is 18.3 Å². The van der Waals surface area contributed by atoms with Gasteiger partial charge in [0.1, 0.15) is 5.78 Å². The molecule has 2 atom stereocenters. The van der Waals surface area contributed by atoms with E-state index in [9.17, 15) is 4.79 Å². The van der Waals surface area contributed by atoms with Gasteiger partial charge < -0.3 is 5.11 Å². The van der Waals surface area contributed by atoms with E-state index in [0.29, 0.717) is 11.0 Å². The molecule has 1 N–H and O–H groups in total. The SMILES string of the molecule is CC(CCO)SC1CCCC1=O. The predicted molar refractivity (Wildman–Crippen MR) is 51.4 cm³/mol. The Bertz CT molecular complexity index is 159. The smallest absolute Gasteiger partial charge is 0.145 e. The molecule has 3 heteroatoms. The van der Waals surface area contributed by atoms with Crippen LogP contribution >= 0.6 is 11.8 Å². The Kier molecular flexibility index (Phi) is 4.09. The van der Waals surface area contributed by atoms with Gasteiger partial charge in [-0.15, -0.1) is 11.8 Å². The molecule has 0 radical (unpaired) electrons. The maximum Gasteiger partial charge on any atom is 0.145 e. The normalized spacial score (nSPS) is 26.2. The Morgan fingerprint density at radius 2 is 2.50 bits per heavy atom. The lowest BCUT2D eigenvalue weighted by atomic mass is 10.3. The standard InChI is InChI=1S/C9H16O2S/c1-7(5-6-10)12-9-4-2-3-8(9)11/h7,9-10H,2-6H2,1H3. The molecule has 0 heterocycles. The summed E-state index contributed by atoms with van der Waals surface area (Å²) >= 11 is 1.73. The average Bonchev–Trinajstić information content (AvgIpc) is 2.37. The van der Waals surface area contributed by atoms with Crippen LogP contribution in [0.3, 0.4) is 0 Å². The summed E-state index contributed by atoms with van der Waals surface area (Å²) in [4.78, 5) is 11.2. The maximum atomic E-state index is 11.2. The molecule has 0 amide bonds. The number of Topliss-reactive ketones (excluding diaryl/α,β-unsaturated/α-hetero) is 1. The molecule has 1 rings (SSSR count). The van der Waals surface area contributed by atoms with E-state index in [-0.39, 0.29) is 11.9 Å². The second-order valence-electron chi connectivity index (χ2n) is 3.31. The summed E-state index contributed by atoms with van der Waals surface area (Å²) in [5.41, 5.74) is 0. The van der Waals surface area contributed by atoms with Gasteiger partial charge in [0.2, 0.25) is 0 Å². The van der Waals surface area contributed by atoms with Crippen LogP contribution in [-0.4, -0.2) is 28.0 Å². The van der Waals surface area contributed by atoms with Crippen molar-refractivity contribution in [3.8, 4) is 0 Å². The first-order valence-electron chi connectivity index (χ1n) is 4.53. The van der Waals surface area contributed by atoms with Gasteiger partial charge in [-0.3, -0.25) is 4.79 Å². The molecule has 1 saturated carbocycles. The van der Waals surface area contributed by atoms with Crippen molar-refractivity contribution in [2.24, 2.45) is 0 Å². The molecule has 0 aliphatic heterocycles. The lowest BCUT2D eigenvalue weighted by Crippen LogP contribution is -2.13. The van der Waals surface area contributed by atoms with Crippen LogP contribution in [0.5, 0.6) is 0 Å². The molecule has 1 aliphatic rings.